The molecule has 6 heteroatoms. The Balaban J connectivity index is 2.11. The van der Waals surface area contributed by atoms with E-state index in [4.69, 9.17) is 4.74 Å². The maximum absolute atomic E-state index is 11.6. The molecule has 0 spiro atoms. The molecular weight excluding hydrogens is 262 g/mol. The van der Waals surface area contributed by atoms with Gasteiger partial charge in [0.15, 0.2) is 0 Å². The highest BCUT2D eigenvalue weighted by molar-refractivity contribution is 7.17. The van der Waals surface area contributed by atoms with Gasteiger partial charge < -0.3 is 4.74 Å². The molecule has 0 aliphatic heterocycles. The lowest BCUT2D eigenvalue weighted by Gasteiger charge is -2.00. The number of thiophene rings is 1. The van der Waals surface area contributed by atoms with E-state index in [1.165, 1.54) is 18.4 Å². The zero-order valence-corrected chi connectivity index (χ0v) is 10.8. The first-order valence-electron chi connectivity index (χ1n) is 5.51. The van der Waals surface area contributed by atoms with Crippen molar-refractivity contribution in [2.75, 3.05) is 7.11 Å². The van der Waals surface area contributed by atoms with Crippen molar-refractivity contribution in [2.24, 2.45) is 0 Å². The number of hydrogen-bond acceptors (Lipinski definition) is 6. The van der Waals surface area contributed by atoms with Crippen LogP contribution >= 0.6 is 11.3 Å². The lowest BCUT2D eigenvalue weighted by atomic mass is 10.2. The number of nitrogens with zero attached hydrogens (tertiary/aromatic N) is 3. The van der Waals surface area contributed by atoms with Gasteiger partial charge in [0, 0.05) is 29.5 Å². The first-order chi connectivity index (χ1) is 9.29. The molecule has 0 N–H and O–H groups in total. The summed E-state index contributed by atoms with van der Waals surface area (Å²) in [5.74, 6) is -0.369. The number of aromatic nitrogens is 3. The number of rotatable bonds is 2. The molecule has 0 aromatic carbocycles. The number of carbonyl (C=O) groups excluding carboxylic acids is 1. The average Bonchev–Trinajstić information content (AvgIpc) is 2.90. The zero-order chi connectivity index (χ0) is 13.2. The SMILES string of the molecule is COC(=O)c1csc2cc(-c3cnccn3)cnc12. The third kappa shape index (κ3) is 2.06. The molecule has 0 unspecified atom stereocenters. The Morgan fingerprint density at radius 2 is 2.16 bits per heavy atom. The van der Waals surface area contributed by atoms with Crippen LogP contribution in [0.1, 0.15) is 10.4 Å². The van der Waals surface area contributed by atoms with E-state index in [1.807, 2.05) is 6.07 Å². The van der Waals surface area contributed by atoms with E-state index >= 15 is 0 Å². The third-order valence-electron chi connectivity index (χ3n) is 2.68. The van der Waals surface area contributed by atoms with Crippen LogP contribution in [-0.2, 0) is 4.74 Å². The van der Waals surface area contributed by atoms with Crippen molar-refractivity contribution in [1.29, 1.82) is 0 Å². The molecule has 0 saturated heterocycles. The average molecular weight is 271 g/mol. The molecule has 3 heterocycles. The third-order valence-corrected chi connectivity index (χ3v) is 3.59. The van der Waals surface area contributed by atoms with Crippen LogP contribution in [0, 0.1) is 0 Å². The van der Waals surface area contributed by atoms with Crippen molar-refractivity contribution in [3.63, 3.8) is 0 Å². The summed E-state index contributed by atoms with van der Waals surface area (Å²) in [7, 11) is 1.36. The Labute approximate surface area is 112 Å². The lowest BCUT2D eigenvalue weighted by molar-refractivity contribution is 0.0603. The predicted octanol–water partition coefficient (Wildman–Crippen LogP) is 2.54. The summed E-state index contributed by atoms with van der Waals surface area (Å²) < 4.78 is 5.64. The second kappa shape index (κ2) is 4.74. The molecular formula is C13H9N3O2S. The van der Waals surface area contributed by atoms with Crippen LogP contribution in [0.15, 0.2) is 36.2 Å². The van der Waals surface area contributed by atoms with Crippen molar-refractivity contribution in [2.45, 2.75) is 0 Å². The standard InChI is InChI=1S/C13H9N3O2S/c1-18-13(17)9-7-19-11-4-8(5-16-12(9)11)10-6-14-2-3-15-10/h2-7H,1H3. The summed E-state index contributed by atoms with van der Waals surface area (Å²) in [5, 5.41) is 1.75. The summed E-state index contributed by atoms with van der Waals surface area (Å²) in [6, 6.07) is 1.95. The predicted molar refractivity (Wildman–Crippen MR) is 72.0 cm³/mol. The number of hydrogen-bond donors (Lipinski definition) is 0. The van der Waals surface area contributed by atoms with Gasteiger partial charge in [-0.1, -0.05) is 0 Å². The fraction of sp³-hybridized carbons (Fsp3) is 0.0769. The zero-order valence-electron chi connectivity index (χ0n) is 10.0. The van der Waals surface area contributed by atoms with E-state index in [2.05, 4.69) is 15.0 Å². The van der Waals surface area contributed by atoms with Gasteiger partial charge in [-0.15, -0.1) is 11.3 Å². The molecule has 0 radical (unpaired) electrons. The van der Waals surface area contributed by atoms with E-state index in [9.17, 15) is 4.79 Å². The summed E-state index contributed by atoms with van der Waals surface area (Å²) in [5.41, 5.74) is 2.78. The Morgan fingerprint density at radius 1 is 1.26 bits per heavy atom. The molecule has 0 amide bonds. The van der Waals surface area contributed by atoms with Gasteiger partial charge in [-0.25, -0.2) is 4.79 Å². The number of pyridine rings is 1. The van der Waals surface area contributed by atoms with Crippen LogP contribution in [0.2, 0.25) is 0 Å². The van der Waals surface area contributed by atoms with Crippen molar-refractivity contribution in [1.82, 2.24) is 15.0 Å². The van der Waals surface area contributed by atoms with Gasteiger partial charge in [-0.05, 0) is 6.07 Å². The fourth-order valence-electron chi connectivity index (χ4n) is 1.76. The second-order valence-electron chi connectivity index (χ2n) is 3.80. The summed E-state index contributed by atoms with van der Waals surface area (Å²) in [4.78, 5) is 24.1. The van der Waals surface area contributed by atoms with Crippen LogP contribution in [-0.4, -0.2) is 28.0 Å². The highest BCUT2D eigenvalue weighted by Gasteiger charge is 2.14. The van der Waals surface area contributed by atoms with Gasteiger partial charge in [0.2, 0.25) is 0 Å². The van der Waals surface area contributed by atoms with Crippen molar-refractivity contribution in [3.8, 4) is 11.3 Å². The Kier molecular flexibility index (Phi) is 2.92. The number of fused-ring (bicyclic) bond motifs is 1. The van der Waals surface area contributed by atoms with E-state index in [0.717, 1.165) is 16.0 Å². The van der Waals surface area contributed by atoms with Gasteiger partial charge >= 0.3 is 5.97 Å². The molecule has 0 aliphatic carbocycles. The normalized spacial score (nSPS) is 10.6. The minimum absolute atomic E-state index is 0.369. The van der Waals surface area contributed by atoms with Gasteiger partial charge in [0.05, 0.1) is 34.8 Å². The van der Waals surface area contributed by atoms with Crippen LogP contribution < -0.4 is 0 Å². The topological polar surface area (TPSA) is 65.0 Å². The lowest BCUT2D eigenvalue weighted by Crippen LogP contribution is -2.00. The number of carbonyl (C=O) groups is 1. The molecule has 3 rings (SSSR count). The van der Waals surface area contributed by atoms with E-state index in [1.54, 1.807) is 30.2 Å². The highest BCUT2D eigenvalue weighted by Crippen LogP contribution is 2.28. The highest BCUT2D eigenvalue weighted by atomic mass is 32.1. The minimum atomic E-state index is -0.369. The molecule has 0 fully saturated rings. The van der Waals surface area contributed by atoms with Crippen LogP contribution in [0.4, 0.5) is 0 Å². The monoisotopic (exact) mass is 271 g/mol. The molecule has 5 nitrogen and oxygen atoms in total. The van der Waals surface area contributed by atoms with Crippen LogP contribution in [0.3, 0.4) is 0 Å². The van der Waals surface area contributed by atoms with Gasteiger partial charge in [-0.2, -0.15) is 0 Å². The molecule has 0 atom stereocenters. The summed E-state index contributed by atoms with van der Waals surface area (Å²) in [6.07, 6.45) is 6.62. The maximum atomic E-state index is 11.6. The van der Waals surface area contributed by atoms with Crippen molar-refractivity contribution in [3.05, 3.63) is 41.8 Å². The van der Waals surface area contributed by atoms with Crippen LogP contribution in [0.5, 0.6) is 0 Å². The Morgan fingerprint density at radius 3 is 2.89 bits per heavy atom. The van der Waals surface area contributed by atoms with Gasteiger partial charge in [0.1, 0.15) is 0 Å². The molecule has 0 bridgehead atoms. The maximum Gasteiger partial charge on any atom is 0.340 e. The van der Waals surface area contributed by atoms with E-state index in [0.29, 0.717) is 11.1 Å². The summed E-state index contributed by atoms with van der Waals surface area (Å²) >= 11 is 1.45. The summed E-state index contributed by atoms with van der Waals surface area (Å²) in [6.45, 7) is 0. The molecule has 0 saturated carbocycles. The quantitative estimate of drug-likeness (QED) is 0.670. The van der Waals surface area contributed by atoms with E-state index < -0.39 is 0 Å². The number of ether oxygens (including phenoxy) is 1. The fourth-order valence-corrected chi connectivity index (χ4v) is 2.68. The number of esters is 1. The Hall–Kier alpha value is -2.34. The largest absolute Gasteiger partial charge is 0.465 e. The first kappa shape index (κ1) is 11.7. The molecule has 3 aromatic rings. The number of methoxy groups -OCH3 is 1. The molecule has 19 heavy (non-hydrogen) atoms. The first-order valence-corrected chi connectivity index (χ1v) is 6.39. The minimum Gasteiger partial charge on any atom is -0.465 e. The smallest absolute Gasteiger partial charge is 0.340 e. The molecule has 94 valence electrons. The molecule has 3 aromatic heterocycles. The van der Waals surface area contributed by atoms with Crippen molar-refractivity contribution < 1.29 is 9.53 Å². The van der Waals surface area contributed by atoms with E-state index in [-0.39, 0.29) is 5.97 Å². The molecule has 0 aliphatic rings. The van der Waals surface area contributed by atoms with Gasteiger partial charge in [-0.3, -0.25) is 15.0 Å². The van der Waals surface area contributed by atoms with Crippen LogP contribution in [0.25, 0.3) is 21.5 Å². The second-order valence-corrected chi connectivity index (χ2v) is 4.71. The van der Waals surface area contributed by atoms with Gasteiger partial charge in [0.25, 0.3) is 0 Å². The van der Waals surface area contributed by atoms with Crippen molar-refractivity contribution >= 4 is 27.5 Å². The Bertz CT molecular complexity index is 740.